The summed E-state index contributed by atoms with van der Waals surface area (Å²) < 4.78 is 0. The van der Waals surface area contributed by atoms with Crippen molar-refractivity contribution in [1.29, 1.82) is 0 Å². The van der Waals surface area contributed by atoms with Gasteiger partial charge in [0.1, 0.15) is 6.29 Å². The second-order valence-corrected chi connectivity index (χ2v) is 4.98. The van der Waals surface area contributed by atoms with E-state index in [1.807, 2.05) is 0 Å². The maximum atomic E-state index is 12.5. The maximum Gasteiger partial charge on any atom is 0.330 e. The summed E-state index contributed by atoms with van der Waals surface area (Å²) in [6.45, 7) is 0. The molecular formula is C14H16N2O3. The Balaban J connectivity index is 2.56. The highest BCUT2D eigenvalue weighted by Gasteiger charge is 2.55. The molecule has 1 aliphatic carbocycles. The van der Waals surface area contributed by atoms with Crippen molar-refractivity contribution >= 4 is 18.2 Å². The topological polar surface area (TPSA) is 57.7 Å². The number of hydrogen-bond acceptors (Lipinski definition) is 3. The van der Waals surface area contributed by atoms with Crippen LogP contribution in [0.4, 0.5) is 4.79 Å². The number of carbonyl (C=O) groups is 3. The van der Waals surface area contributed by atoms with Crippen molar-refractivity contribution in [2.45, 2.75) is 25.7 Å². The molecule has 100 valence electrons. The standard InChI is InChI=1S/C14H16N2O3/c1-4-5-7-14-8-6-10(9-17)11(14)15(2)13(19)16(3)12(14)18/h1,9H,5-8H2,2-3H3. The number of terminal acetylenes is 1. The van der Waals surface area contributed by atoms with E-state index in [-0.39, 0.29) is 5.91 Å². The van der Waals surface area contributed by atoms with E-state index in [2.05, 4.69) is 5.92 Å². The van der Waals surface area contributed by atoms with Gasteiger partial charge in [0, 0.05) is 31.8 Å². The molecule has 0 N–H and O–H groups in total. The van der Waals surface area contributed by atoms with Gasteiger partial charge in [0.2, 0.25) is 5.91 Å². The number of aldehydes is 1. The number of rotatable bonds is 3. The number of imide groups is 1. The fourth-order valence-electron chi connectivity index (χ4n) is 3.12. The quantitative estimate of drug-likeness (QED) is 0.565. The summed E-state index contributed by atoms with van der Waals surface area (Å²) in [5, 5.41) is 0. The van der Waals surface area contributed by atoms with Gasteiger partial charge in [-0.3, -0.25) is 19.4 Å². The third kappa shape index (κ3) is 1.67. The zero-order chi connectivity index (χ0) is 14.2. The van der Waals surface area contributed by atoms with Crippen molar-refractivity contribution in [2.24, 2.45) is 5.41 Å². The van der Waals surface area contributed by atoms with E-state index in [1.54, 1.807) is 7.05 Å². The summed E-state index contributed by atoms with van der Waals surface area (Å²) in [7, 11) is 3.06. The van der Waals surface area contributed by atoms with E-state index < -0.39 is 11.4 Å². The number of allylic oxidation sites excluding steroid dienone is 1. The van der Waals surface area contributed by atoms with Gasteiger partial charge < -0.3 is 0 Å². The first kappa shape index (κ1) is 13.3. The summed E-state index contributed by atoms with van der Waals surface area (Å²) in [4.78, 5) is 38.2. The largest absolute Gasteiger partial charge is 0.330 e. The Morgan fingerprint density at radius 2 is 2.05 bits per heavy atom. The summed E-state index contributed by atoms with van der Waals surface area (Å²) >= 11 is 0. The van der Waals surface area contributed by atoms with E-state index in [4.69, 9.17) is 6.42 Å². The van der Waals surface area contributed by atoms with Crippen LogP contribution in [-0.2, 0) is 9.59 Å². The van der Waals surface area contributed by atoms with Crippen LogP contribution in [0.2, 0.25) is 0 Å². The Kier molecular flexibility index (Phi) is 3.19. The number of carbonyl (C=O) groups excluding carboxylic acids is 3. The lowest BCUT2D eigenvalue weighted by atomic mass is 9.77. The van der Waals surface area contributed by atoms with E-state index in [9.17, 15) is 14.4 Å². The van der Waals surface area contributed by atoms with Crippen molar-refractivity contribution in [3.05, 3.63) is 11.3 Å². The molecule has 1 aliphatic heterocycles. The molecule has 3 amide bonds. The number of amides is 3. The molecule has 0 bridgehead atoms. The molecule has 5 nitrogen and oxygen atoms in total. The Bertz CT molecular complexity index is 529. The van der Waals surface area contributed by atoms with E-state index in [1.165, 1.54) is 11.9 Å². The Hall–Kier alpha value is -2.09. The second-order valence-electron chi connectivity index (χ2n) is 4.98. The third-order valence-corrected chi connectivity index (χ3v) is 4.04. The van der Waals surface area contributed by atoms with Crippen LogP contribution in [-0.4, -0.2) is 42.1 Å². The van der Waals surface area contributed by atoms with Crippen LogP contribution in [0.15, 0.2) is 11.3 Å². The monoisotopic (exact) mass is 260 g/mol. The molecule has 0 aromatic heterocycles. The van der Waals surface area contributed by atoms with Crippen molar-refractivity contribution in [2.75, 3.05) is 14.1 Å². The smallest absolute Gasteiger partial charge is 0.299 e. The fourth-order valence-corrected chi connectivity index (χ4v) is 3.12. The van der Waals surface area contributed by atoms with Gasteiger partial charge in [0.05, 0.1) is 5.41 Å². The molecule has 2 rings (SSSR count). The highest BCUT2D eigenvalue weighted by molar-refractivity contribution is 6.04. The zero-order valence-corrected chi connectivity index (χ0v) is 11.1. The summed E-state index contributed by atoms with van der Waals surface area (Å²) in [6, 6.07) is -0.405. The van der Waals surface area contributed by atoms with Gasteiger partial charge >= 0.3 is 6.03 Å². The number of nitrogens with zero attached hydrogens (tertiary/aromatic N) is 2. The average Bonchev–Trinajstić information content (AvgIpc) is 2.80. The molecule has 19 heavy (non-hydrogen) atoms. The minimum Gasteiger partial charge on any atom is -0.299 e. The summed E-state index contributed by atoms with van der Waals surface area (Å²) in [5.41, 5.74) is 0.278. The van der Waals surface area contributed by atoms with Gasteiger partial charge in [-0.25, -0.2) is 4.79 Å². The first-order chi connectivity index (χ1) is 8.99. The van der Waals surface area contributed by atoms with Gasteiger partial charge in [0.25, 0.3) is 0 Å². The lowest BCUT2D eigenvalue weighted by Crippen LogP contribution is -2.57. The molecule has 2 aliphatic rings. The highest BCUT2D eigenvalue weighted by Crippen LogP contribution is 2.50. The molecule has 1 atom stereocenters. The molecule has 0 radical (unpaired) electrons. The van der Waals surface area contributed by atoms with Crippen LogP contribution in [0, 0.1) is 17.8 Å². The molecular weight excluding hydrogens is 244 g/mol. The van der Waals surface area contributed by atoms with Crippen LogP contribution in [0.3, 0.4) is 0 Å². The second kappa shape index (κ2) is 4.54. The van der Waals surface area contributed by atoms with Crippen molar-refractivity contribution in [3.63, 3.8) is 0 Å². The molecule has 0 saturated carbocycles. The minimum atomic E-state index is -0.806. The van der Waals surface area contributed by atoms with Gasteiger partial charge in [-0.15, -0.1) is 12.3 Å². The van der Waals surface area contributed by atoms with Gasteiger partial charge in [-0.2, -0.15) is 0 Å². The molecule has 1 unspecified atom stereocenters. The van der Waals surface area contributed by atoms with Gasteiger partial charge in [0.15, 0.2) is 0 Å². The maximum absolute atomic E-state index is 12.5. The van der Waals surface area contributed by atoms with Crippen LogP contribution in [0.5, 0.6) is 0 Å². The molecule has 1 heterocycles. The van der Waals surface area contributed by atoms with Crippen LogP contribution < -0.4 is 0 Å². The number of fused-ring (bicyclic) bond motifs is 1. The predicted molar refractivity (Wildman–Crippen MR) is 68.8 cm³/mol. The van der Waals surface area contributed by atoms with E-state index >= 15 is 0 Å². The predicted octanol–water partition coefficient (Wildman–Crippen LogP) is 1.16. The third-order valence-electron chi connectivity index (χ3n) is 4.04. The van der Waals surface area contributed by atoms with Crippen molar-refractivity contribution in [1.82, 2.24) is 9.80 Å². The van der Waals surface area contributed by atoms with E-state index in [0.29, 0.717) is 37.0 Å². The number of urea groups is 1. The molecule has 0 aromatic carbocycles. The highest BCUT2D eigenvalue weighted by atomic mass is 16.2. The van der Waals surface area contributed by atoms with Crippen molar-refractivity contribution < 1.29 is 14.4 Å². The molecule has 1 fully saturated rings. The lowest BCUT2D eigenvalue weighted by Gasteiger charge is -2.43. The SMILES string of the molecule is C#CCCC12CCC(C=O)=C1N(C)C(=O)N(C)C2=O. The van der Waals surface area contributed by atoms with Gasteiger partial charge in [-0.1, -0.05) is 0 Å². The zero-order valence-electron chi connectivity index (χ0n) is 11.1. The normalized spacial score (nSPS) is 26.6. The number of hydrogen-bond donors (Lipinski definition) is 0. The van der Waals surface area contributed by atoms with Gasteiger partial charge in [-0.05, 0) is 19.3 Å². The first-order valence-electron chi connectivity index (χ1n) is 6.17. The summed E-state index contributed by atoms with van der Waals surface area (Å²) in [5.74, 6) is 2.28. The molecule has 0 aromatic rings. The fraction of sp³-hybridized carbons (Fsp3) is 0.500. The van der Waals surface area contributed by atoms with Crippen LogP contribution in [0.1, 0.15) is 25.7 Å². The Morgan fingerprint density at radius 1 is 1.37 bits per heavy atom. The summed E-state index contributed by atoms with van der Waals surface area (Å²) in [6.07, 6.45) is 8.00. The van der Waals surface area contributed by atoms with Crippen molar-refractivity contribution in [3.8, 4) is 12.3 Å². The van der Waals surface area contributed by atoms with E-state index in [0.717, 1.165) is 11.2 Å². The molecule has 5 heteroatoms. The first-order valence-corrected chi connectivity index (χ1v) is 6.17. The molecule has 1 saturated heterocycles. The lowest BCUT2D eigenvalue weighted by molar-refractivity contribution is -0.139. The van der Waals surface area contributed by atoms with Crippen LogP contribution in [0.25, 0.3) is 0 Å². The molecule has 0 spiro atoms. The Morgan fingerprint density at radius 3 is 2.63 bits per heavy atom. The minimum absolute atomic E-state index is 0.252. The van der Waals surface area contributed by atoms with Crippen LogP contribution >= 0.6 is 0 Å². The Labute approximate surface area is 112 Å². The average molecular weight is 260 g/mol.